The van der Waals surface area contributed by atoms with Crippen molar-refractivity contribution in [3.8, 4) is 17.2 Å². The standard InChI is InChI=1S/C21H29FN2O5S/c1-15(23-11-12-29-19-8-6-7-17(22)21(19)28-5)13-16-9-10-18(27-4)20(14-16)30(25,26)24(2)3/h6-10,14-15,23H,11-13H2,1-5H3. The van der Waals surface area contributed by atoms with Gasteiger partial charge < -0.3 is 19.5 Å². The Morgan fingerprint density at radius 3 is 2.47 bits per heavy atom. The van der Waals surface area contributed by atoms with E-state index in [1.807, 2.05) is 13.0 Å². The van der Waals surface area contributed by atoms with E-state index in [4.69, 9.17) is 14.2 Å². The van der Waals surface area contributed by atoms with Gasteiger partial charge in [-0.2, -0.15) is 0 Å². The normalized spacial score (nSPS) is 12.6. The fourth-order valence-corrected chi connectivity index (χ4v) is 4.04. The predicted octanol–water partition coefficient (Wildman–Crippen LogP) is 2.69. The topological polar surface area (TPSA) is 77.1 Å². The number of benzene rings is 2. The molecule has 0 aromatic heterocycles. The van der Waals surface area contributed by atoms with Crippen molar-refractivity contribution >= 4 is 10.0 Å². The Morgan fingerprint density at radius 2 is 1.83 bits per heavy atom. The Kier molecular flexibility index (Phi) is 8.45. The second-order valence-corrected chi connectivity index (χ2v) is 9.07. The van der Waals surface area contributed by atoms with Gasteiger partial charge in [0.25, 0.3) is 0 Å². The van der Waals surface area contributed by atoms with Crippen LogP contribution in [0, 0.1) is 5.82 Å². The maximum atomic E-state index is 13.7. The number of para-hydroxylation sites is 1. The van der Waals surface area contributed by atoms with E-state index in [0.29, 0.717) is 31.1 Å². The number of hydrogen-bond donors (Lipinski definition) is 1. The molecule has 0 aliphatic rings. The van der Waals surface area contributed by atoms with Crippen molar-refractivity contribution in [3.63, 3.8) is 0 Å². The number of methoxy groups -OCH3 is 2. The third-order valence-electron chi connectivity index (χ3n) is 4.52. The zero-order valence-corrected chi connectivity index (χ0v) is 18.8. The average molecular weight is 441 g/mol. The second kappa shape index (κ2) is 10.6. The highest BCUT2D eigenvalue weighted by atomic mass is 32.2. The van der Waals surface area contributed by atoms with E-state index >= 15 is 0 Å². The van der Waals surface area contributed by atoms with E-state index < -0.39 is 15.8 Å². The number of nitrogens with one attached hydrogen (secondary N) is 1. The van der Waals surface area contributed by atoms with Crippen molar-refractivity contribution in [1.29, 1.82) is 0 Å². The summed E-state index contributed by atoms with van der Waals surface area (Å²) >= 11 is 0. The van der Waals surface area contributed by atoms with Crippen LogP contribution in [-0.4, -0.2) is 60.2 Å². The third-order valence-corrected chi connectivity index (χ3v) is 6.35. The third kappa shape index (κ3) is 5.84. The molecular weight excluding hydrogens is 411 g/mol. The van der Waals surface area contributed by atoms with Crippen molar-refractivity contribution in [1.82, 2.24) is 9.62 Å². The number of ether oxygens (including phenoxy) is 3. The summed E-state index contributed by atoms with van der Waals surface area (Å²) in [5.41, 5.74) is 0.865. The number of nitrogens with zero attached hydrogens (tertiary/aromatic N) is 1. The van der Waals surface area contributed by atoms with Crippen LogP contribution in [0.15, 0.2) is 41.3 Å². The van der Waals surface area contributed by atoms with Crippen LogP contribution in [0.4, 0.5) is 4.39 Å². The summed E-state index contributed by atoms with van der Waals surface area (Å²) < 4.78 is 55.8. The zero-order chi connectivity index (χ0) is 22.3. The van der Waals surface area contributed by atoms with Gasteiger partial charge >= 0.3 is 0 Å². The van der Waals surface area contributed by atoms with Crippen LogP contribution >= 0.6 is 0 Å². The van der Waals surface area contributed by atoms with E-state index in [0.717, 1.165) is 9.87 Å². The molecule has 1 N–H and O–H groups in total. The van der Waals surface area contributed by atoms with Crippen LogP contribution in [0.1, 0.15) is 12.5 Å². The molecule has 0 aliphatic carbocycles. The van der Waals surface area contributed by atoms with Gasteiger partial charge in [-0.15, -0.1) is 0 Å². The maximum Gasteiger partial charge on any atom is 0.246 e. The van der Waals surface area contributed by atoms with Crippen molar-refractivity contribution in [2.45, 2.75) is 24.3 Å². The van der Waals surface area contributed by atoms with E-state index in [-0.39, 0.29) is 16.7 Å². The molecule has 0 saturated carbocycles. The Bertz CT molecular complexity index is 950. The predicted molar refractivity (Wildman–Crippen MR) is 113 cm³/mol. The van der Waals surface area contributed by atoms with Crippen LogP contribution < -0.4 is 19.5 Å². The smallest absolute Gasteiger partial charge is 0.246 e. The molecule has 1 unspecified atom stereocenters. The first-order valence-electron chi connectivity index (χ1n) is 9.48. The minimum absolute atomic E-state index is 0.0614. The molecule has 0 radical (unpaired) electrons. The molecule has 0 saturated heterocycles. The van der Waals surface area contributed by atoms with Crippen LogP contribution in [0.2, 0.25) is 0 Å². The van der Waals surface area contributed by atoms with Gasteiger partial charge in [-0.1, -0.05) is 12.1 Å². The Hall–Kier alpha value is -2.36. The molecule has 7 nitrogen and oxygen atoms in total. The summed E-state index contributed by atoms with van der Waals surface area (Å²) in [5, 5.41) is 3.31. The molecule has 2 aromatic carbocycles. The zero-order valence-electron chi connectivity index (χ0n) is 17.9. The fourth-order valence-electron chi connectivity index (χ4n) is 2.94. The molecule has 0 fully saturated rings. The maximum absolute atomic E-state index is 13.7. The summed E-state index contributed by atoms with van der Waals surface area (Å²) in [6, 6.07) is 9.73. The summed E-state index contributed by atoms with van der Waals surface area (Å²) in [4.78, 5) is 0.140. The number of halogens is 1. The second-order valence-electron chi connectivity index (χ2n) is 6.95. The first-order valence-corrected chi connectivity index (χ1v) is 10.9. The average Bonchev–Trinajstić information content (AvgIpc) is 2.71. The molecule has 2 aromatic rings. The molecule has 0 aliphatic heterocycles. The van der Waals surface area contributed by atoms with Gasteiger partial charge in [0.1, 0.15) is 17.3 Å². The Balaban J connectivity index is 1.95. The first kappa shape index (κ1) is 23.9. The first-order chi connectivity index (χ1) is 14.2. The highest BCUT2D eigenvalue weighted by molar-refractivity contribution is 7.89. The highest BCUT2D eigenvalue weighted by Gasteiger charge is 2.23. The van der Waals surface area contributed by atoms with Gasteiger partial charge in [0.2, 0.25) is 10.0 Å². The quantitative estimate of drug-likeness (QED) is 0.542. The summed E-state index contributed by atoms with van der Waals surface area (Å²) in [5.74, 6) is 0.267. The lowest BCUT2D eigenvalue weighted by atomic mass is 10.1. The SMILES string of the molecule is COc1ccc(CC(C)NCCOc2cccc(F)c2OC)cc1S(=O)(=O)N(C)C. The lowest BCUT2D eigenvalue weighted by Gasteiger charge is -2.18. The van der Waals surface area contributed by atoms with E-state index in [1.165, 1.54) is 34.4 Å². The fraction of sp³-hybridized carbons (Fsp3) is 0.429. The van der Waals surface area contributed by atoms with Crippen LogP contribution in [0.3, 0.4) is 0 Å². The number of rotatable bonds is 11. The van der Waals surface area contributed by atoms with Gasteiger partial charge in [0, 0.05) is 26.7 Å². The molecule has 166 valence electrons. The molecular formula is C21H29FN2O5S. The van der Waals surface area contributed by atoms with E-state index in [9.17, 15) is 12.8 Å². The molecule has 2 rings (SSSR count). The van der Waals surface area contributed by atoms with Gasteiger partial charge in [0.15, 0.2) is 17.3 Å². The van der Waals surface area contributed by atoms with Crippen molar-refractivity contribution in [3.05, 3.63) is 47.8 Å². The molecule has 0 spiro atoms. The number of hydrogen-bond acceptors (Lipinski definition) is 6. The highest BCUT2D eigenvalue weighted by Crippen LogP contribution is 2.29. The minimum atomic E-state index is -3.61. The summed E-state index contributed by atoms with van der Waals surface area (Å²) in [7, 11) is 2.20. The van der Waals surface area contributed by atoms with E-state index in [1.54, 1.807) is 24.3 Å². The summed E-state index contributed by atoms with van der Waals surface area (Å²) in [6.07, 6.45) is 0.614. The lowest BCUT2D eigenvalue weighted by molar-refractivity contribution is 0.281. The summed E-state index contributed by atoms with van der Waals surface area (Å²) in [6.45, 7) is 2.85. The number of sulfonamides is 1. The van der Waals surface area contributed by atoms with Gasteiger partial charge in [-0.3, -0.25) is 0 Å². The van der Waals surface area contributed by atoms with E-state index in [2.05, 4.69) is 5.32 Å². The van der Waals surface area contributed by atoms with Gasteiger partial charge in [-0.05, 0) is 43.2 Å². The van der Waals surface area contributed by atoms with Crippen molar-refractivity contribution in [2.24, 2.45) is 0 Å². The monoisotopic (exact) mass is 440 g/mol. The van der Waals surface area contributed by atoms with Crippen LogP contribution in [0.25, 0.3) is 0 Å². The molecule has 0 bridgehead atoms. The van der Waals surface area contributed by atoms with Crippen molar-refractivity contribution in [2.75, 3.05) is 41.5 Å². The molecule has 0 heterocycles. The Labute approximate surface area is 177 Å². The molecule has 9 heteroatoms. The minimum Gasteiger partial charge on any atom is -0.495 e. The largest absolute Gasteiger partial charge is 0.495 e. The van der Waals surface area contributed by atoms with Gasteiger partial charge in [0.05, 0.1) is 14.2 Å². The lowest BCUT2D eigenvalue weighted by Crippen LogP contribution is -2.32. The van der Waals surface area contributed by atoms with Crippen molar-refractivity contribution < 1.29 is 27.0 Å². The Morgan fingerprint density at radius 1 is 1.10 bits per heavy atom. The molecule has 0 amide bonds. The van der Waals surface area contributed by atoms with Crippen LogP contribution in [-0.2, 0) is 16.4 Å². The molecule has 1 atom stereocenters. The van der Waals surface area contributed by atoms with Gasteiger partial charge in [-0.25, -0.2) is 17.1 Å². The molecule has 30 heavy (non-hydrogen) atoms. The van der Waals surface area contributed by atoms with Crippen LogP contribution in [0.5, 0.6) is 17.2 Å².